The molecule has 210 valence electrons. The van der Waals surface area contributed by atoms with Crippen molar-refractivity contribution in [1.29, 1.82) is 0 Å². The van der Waals surface area contributed by atoms with Crippen LogP contribution >= 0.6 is 15.9 Å². The van der Waals surface area contributed by atoms with Crippen molar-refractivity contribution in [1.82, 2.24) is 5.32 Å². The van der Waals surface area contributed by atoms with Gasteiger partial charge >= 0.3 is 0 Å². The van der Waals surface area contributed by atoms with Gasteiger partial charge in [-0.15, -0.1) is 6.58 Å². The average Bonchev–Trinajstić information content (AvgIpc) is 3.35. The van der Waals surface area contributed by atoms with E-state index in [-0.39, 0.29) is 18.9 Å². The molecule has 8 heteroatoms. The molecule has 1 aliphatic rings. The third kappa shape index (κ3) is 6.74. The molecule has 3 aromatic rings. The van der Waals surface area contributed by atoms with Gasteiger partial charge in [0.1, 0.15) is 11.5 Å². The highest BCUT2D eigenvalue weighted by atomic mass is 79.9. The Kier molecular flexibility index (Phi) is 10.4. The number of para-hydroxylation sites is 1. The molecule has 1 aliphatic heterocycles. The molecule has 0 saturated carbocycles. The molecule has 40 heavy (non-hydrogen) atoms. The summed E-state index contributed by atoms with van der Waals surface area (Å²) in [4.78, 5) is 18.9. The maximum Gasteiger partial charge on any atom is 0.252 e. The first-order valence-electron chi connectivity index (χ1n) is 13.5. The molecular formula is C32H35BrN2O5. The highest BCUT2D eigenvalue weighted by molar-refractivity contribution is 9.10. The quantitative estimate of drug-likeness (QED) is 0.179. The third-order valence-corrected chi connectivity index (χ3v) is 7.35. The number of carbonyl (C=O) groups is 1. The van der Waals surface area contributed by atoms with Crippen LogP contribution in [0.2, 0.25) is 0 Å². The van der Waals surface area contributed by atoms with E-state index in [1.165, 1.54) is 0 Å². The first-order chi connectivity index (χ1) is 19.5. The maximum atomic E-state index is 14.0. The molecule has 2 N–H and O–H groups in total. The summed E-state index contributed by atoms with van der Waals surface area (Å²) in [6.07, 6.45) is 2.49. The van der Waals surface area contributed by atoms with Crippen molar-refractivity contribution in [3.63, 3.8) is 0 Å². The Balaban J connectivity index is 1.62. The van der Waals surface area contributed by atoms with Gasteiger partial charge in [0, 0.05) is 41.6 Å². The number of aliphatic imine (C=N–C) groups is 1. The first-order valence-corrected chi connectivity index (χ1v) is 14.3. The molecule has 0 aromatic heterocycles. The zero-order valence-corrected chi connectivity index (χ0v) is 24.2. The van der Waals surface area contributed by atoms with Crippen LogP contribution in [0, 0.1) is 0 Å². The van der Waals surface area contributed by atoms with Gasteiger partial charge in [-0.05, 0) is 55.3 Å². The second kappa shape index (κ2) is 14.1. The van der Waals surface area contributed by atoms with E-state index in [1.807, 2.05) is 79.7 Å². The summed E-state index contributed by atoms with van der Waals surface area (Å²) in [5.41, 5.74) is 1.33. The Labute approximate surface area is 244 Å². The van der Waals surface area contributed by atoms with Crippen LogP contribution in [0.15, 0.2) is 94.9 Å². The fourth-order valence-corrected chi connectivity index (χ4v) is 5.16. The standard InChI is InChI=1S/C32H35BrN2O5/c1-3-19-32(31(37)34-20-18-23-10-5-8-13-28(23)38-4-2)29(26-11-6-7-12-27(26)33)40-30(35-32)24-14-16-25(17-15-24)39-22-9-21-36/h3,5-8,10-17,29,36H,1,4,9,18-22H2,2H3,(H,34,37)/t29-,32-/m1/s1. The molecule has 1 heterocycles. The summed E-state index contributed by atoms with van der Waals surface area (Å²) < 4.78 is 18.7. The largest absolute Gasteiger partial charge is 0.494 e. The number of hydrogen-bond donors (Lipinski definition) is 2. The van der Waals surface area contributed by atoms with E-state index in [1.54, 1.807) is 6.08 Å². The van der Waals surface area contributed by atoms with Crippen LogP contribution in [0.4, 0.5) is 0 Å². The fraction of sp³-hybridized carbons (Fsp3) is 0.312. The Hall–Kier alpha value is -3.62. The Morgan fingerprint density at radius 2 is 1.88 bits per heavy atom. The number of nitrogens with one attached hydrogen (secondary N) is 1. The lowest BCUT2D eigenvalue weighted by Crippen LogP contribution is -2.48. The lowest BCUT2D eigenvalue weighted by molar-refractivity contribution is -0.128. The lowest BCUT2D eigenvalue weighted by Gasteiger charge is -2.30. The molecule has 3 aromatic carbocycles. The summed E-state index contributed by atoms with van der Waals surface area (Å²) in [6, 6.07) is 22.9. The van der Waals surface area contributed by atoms with Gasteiger partial charge in [0.15, 0.2) is 11.6 Å². The zero-order valence-electron chi connectivity index (χ0n) is 22.6. The molecule has 0 fully saturated rings. The molecule has 0 saturated heterocycles. The first kappa shape index (κ1) is 29.4. The number of rotatable bonds is 14. The van der Waals surface area contributed by atoms with Crippen LogP contribution in [-0.2, 0) is 16.0 Å². The number of carbonyl (C=O) groups excluding carboxylic acids is 1. The molecule has 4 rings (SSSR count). The number of aliphatic hydroxyl groups excluding tert-OH is 1. The minimum absolute atomic E-state index is 0.0750. The predicted octanol–water partition coefficient (Wildman–Crippen LogP) is 5.80. The zero-order chi connectivity index (χ0) is 28.4. The van der Waals surface area contributed by atoms with Gasteiger partial charge in [0.25, 0.3) is 5.91 Å². The van der Waals surface area contributed by atoms with Crippen LogP contribution in [0.5, 0.6) is 11.5 Å². The summed E-state index contributed by atoms with van der Waals surface area (Å²) in [7, 11) is 0. The number of amides is 1. The SMILES string of the molecule is C=CC[C@@]1(C(=O)NCCc2ccccc2OCC)N=C(c2ccc(OCCCO)cc2)O[C@@H]1c1ccccc1Br. The van der Waals surface area contributed by atoms with Crippen molar-refractivity contribution in [2.45, 2.75) is 37.8 Å². The van der Waals surface area contributed by atoms with E-state index < -0.39 is 11.6 Å². The number of aliphatic hydroxyl groups is 1. The van der Waals surface area contributed by atoms with Gasteiger partial charge in [-0.25, -0.2) is 4.99 Å². The summed E-state index contributed by atoms with van der Waals surface area (Å²) in [5.74, 6) is 1.64. The van der Waals surface area contributed by atoms with Gasteiger partial charge in [-0.2, -0.15) is 0 Å². The van der Waals surface area contributed by atoms with Gasteiger partial charge in [0.2, 0.25) is 5.90 Å². The van der Waals surface area contributed by atoms with Crippen molar-refractivity contribution in [3.05, 3.63) is 107 Å². The normalized spacial score (nSPS) is 18.0. The molecule has 0 spiro atoms. The van der Waals surface area contributed by atoms with Crippen LogP contribution in [0.25, 0.3) is 0 Å². The van der Waals surface area contributed by atoms with E-state index in [2.05, 4.69) is 27.8 Å². The maximum absolute atomic E-state index is 14.0. The van der Waals surface area contributed by atoms with Crippen LogP contribution in [0.3, 0.4) is 0 Å². The summed E-state index contributed by atoms with van der Waals surface area (Å²) in [6.45, 7) is 7.38. The number of halogens is 1. The second-order valence-corrected chi connectivity index (χ2v) is 10.2. The predicted molar refractivity (Wildman–Crippen MR) is 160 cm³/mol. The molecule has 7 nitrogen and oxygen atoms in total. The van der Waals surface area contributed by atoms with E-state index in [4.69, 9.17) is 24.3 Å². The van der Waals surface area contributed by atoms with Crippen LogP contribution < -0.4 is 14.8 Å². The molecule has 0 bridgehead atoms. The highest BCUT2D eigenvalue weighted by Crippen LogP contribution is 2.44. The van der Waals surface area contributed by atoms with E-state index >= 15 is 0 Å². The fourth-order valence-electron chi connectivity index (χ4n) is 4.67. The molecule has 1 amide bonds. The molecule has 0 radical (unpaired) electrons. The number of ether oxygens (including phenoxy) is 3. The van der Waals surface area contributed by atoms with E-state index in [0.717, 1.165) is 26.9 Å². The summed E-state index contributed by atoms with van der Waals surface area (Å²) >= 11 is 3.64. The van der Waals surface area contributed by atoms with Crippen LogP contribution in [0.1, 0.15) is 42.6 Å². The Morgan fingerprint density at radius 3 is 2.60 bits per heavy atom. The lowest BCUT2D eigenvalue weighted by atomic mass is 9.84. The van der Waals surface area contributed by atoms with E-state index in [9.17, 15) is 4.79 Å². The summed E-state index contributed by atoms with van der Waals surface area (Å²) in [5, 5.41) is 12.1. The van der Waals surface area contributed by atoms with E-state index in [0.29, 0.717) is 44.2 Å². The smallest absolute Gasteiger partial charge is 0.252 e. The highest BCUT2D eigenvalue weighted by Gasteiger charge is 2.52. The minimum Gasteiger partial charge on any atom is -0.494 e. The topological polar surface area (TPSA) is 89.4 Å². The number of benzene rings is 3. The van der Waals surface area contributed by atoms with Crippen molar-refractivity contribution in [3.8, 4) is 11.5 Å². The van der Waals surface area contributed by atoms with Gasteiger partial charge in [-0.3, -0.25) is 4.79 Å². The third-order valence-electron chi connectivity index (χ3n) is 6.63. The monoisotopic (exact) mass is 606 g/mol. The molecular weight excluding hydrogens is 572 g/mol. The van der Waals surface area contributed by atoms with Crippen molar-refractivity contribution >= 4 is 27.7 Å². The Bertz CT molecular complexity index is 1330. The van der Waals surface area contributed by atoms with Gasteiger partial charge in [-0.1, -0.05) is 58.4 Å². The molecule has 0 unspecified atom stereocenters. The van der Waals surface area contributed by atoms with Gasteiger partial charge < -0.3 is 24.6 Å². The van der Waals surface area contributed by atoms with Crippen molar-refractivity contribution in [2.75, 3.05) is 26.4 Å². The van der Waals surface area contributed by atoms with Crippen molar-refractivity contribution < 1.29 is 24.1 Å². The average molecular weight is 608 g/mol. The van der Waals surface area contributed by atoms with Crippen LogP contribution in [-0.4, -0.2) is 48.8 Å². The number of nitrogens with zero attached hydrogens (tertiary/aromatic N) is 1. The number of hydrogen-bond acceptors (Lipinski definition) is 6. The second-order valence-electron chi connectivity index (χ2n) is 9.35. The molecule has 2 atom stereocenters. The van der Waals surface area contributed by atoms with Gasteiger partial charge in [0.05, 0.1) is 13.2 Å². The minimum atomic E-state index is -1.25. The van der Waals surface area contributed by atoms with Crippen molar-refractivity contribution in [2.24, 2.45) is 4.99 Å². The molecule has 0 aliphatic carbocycles. The Morgan fingerprint density at radius 1 is 1.12 bits per heavy atom.